The zero-order chi connectivity index (χ0) is 16.5. The van der Waals surface area contributed by atoms with Gasteiger partial charge in [-0.05, 0) is 19.3 Å². The quantitative estimate of drug-likeness (QED) is 0.280. The van der Waals surface area contributed by atoms with E-state index in [9.17, 15) is 0 Å². The topological polar surface area (TPSA) is 40.1 Å². The molecule has 24 heavy (non-hydrogen) atoms. The van der Waals surface area contributed by atoms with Gasteiger partial charge in [0.2, 0.25) is 0 Å². The number of ether oxygens (including phenoxy) is 1. The molecule has 2 rings (SSSR count). The van der Waals surface area contributed by atoms with Gasteiger partial charge >= 0.3 is 0 Å². The van der Waals surface area contributed by atoms with E-state index in [4.69, 9.17) is 9.73 Å². The molecule has 0 saturated carbocycles. The highest BCUT2D eigenvalue weighted by atomic mass is 127. The minimum Gasteiger partial charge on any atom is -0.379 e. The second-order valence-electron chi connectivity index (χ2n) is 6.64. The Morgan fingerprint density at radius 2 is 2.04 bits per heavy atom. The van der Waals surface area contributed by atoms with Gasteiger partial charge in [-0.3, -0.25) is 9.89 Å². The molecule has 1 unspecified atom stereocenters. The Morgan fingerprint density at radius 1 is 1.29 bits per heavy atom. The van der Waals surface area contributed by atoms with Crippen LogP contribution in [0.3, 0.4) is 0 Å². The number of guanidine groups is 1. The van der Waals surface area contributed by atoms with Crippen LogP contribution in [0.4, 0.5) is 0 Å². The Morgan fingerprint density at radius 3 is 2.71 bits per heavy atom. The van der Waals surface area contributed by atoms with Crippen molar-refractivity contribution in [1.82, 2.24) is 15.1 Å². The zero-order valence-corrected chi connectivity index (χ0v) is 18.6. The van der Waals surface area contributed by atoms with E-state index in [1.54, 1.807) is 0 Å². The molecule has 0 aliphatic carbocycles. The Balaban J connectivity index is 0.00000288. The van der Waals surface area contributed by atoms with Crippen molar-refractivity contribution < 1.29 is 4.74 Å². The molecule has 0 spiro atoms. The molecule has 0 radical (unpaired) electrons. The van der Waals surface area contributed by atoms with Gasteiger partial charge in [0, 0.05) is 56.8 Å². The predicted octanol–water partition coefficient (Wildman–Crippen LogP) is 2.37. The summed E-state index contributed by atoms with van der Waals surface area (Å²) in [6, 6.07) is 0. The molecule has 7 heteroatoms. The molecule has 0 aromatic carbocycles. The maximum Gasteiger partial charge on any atom is 0.193 e. The highest BCUT2D eigenvalue weighted by molar-refractivity contribution is 14.0. The lowest BCUT2D eigenvalue weighted by Crippen LogP contribution is -2.49. The van der Waals surface area contributed by atoms with Crippen molar-refractivity contribution in [3.8, 4) is 0 Å². The highest BCUT2D eigenvalue weighted by Gasteiger charge is 2.24. The van der Waals surface area contributed by atoms with E-state index in [0.717, 1.165) is 82.6 Å². The maximum absolute atomic E-state index is 5.40. The summed E-state index contributed by atoms with van der Waals surface area (Å²) in [4.78, 5) is 9.82. The smallest absolute Gasteiger partial charge is 0.193 e. The maximum atomic E-state index is 5.40. The number of aliphatic imine (C=N–C) groups is 1. The number of morpholine rings is 1. The first-order valence-electron chi connectivity index (χ1n) is 9.15. The van der Waals surface area contributed by atoms with Crippen molar-refractivity contribution in [2.45, 2.75) is 32.4 Å². The van der Waals surface area contributed by atoms with E-state index >= 15 is 0 Å². The van der Waals surface area contributed by atoms with E-state index in [0.29, 0.717) is 0 Å². The molecular weight excluding hydrogens is 435 g/mol. The second kappa shape index (κ2) is 12.6. The van der Waals surface area contributed by atoms with Crippen LogP contribution in [0.25, 0.3) is 0 Å². The molecule has 2 heterocycles. The van der Waals surface area contributed by atoms with Gasteiger partial charge in [0.25, 0.3) is 0 Å². The highest BCUT2D eigenvalue weighted by Crippen LogP contribution is 2.24. The van der Waals surface area contributed by atoms with Crippen LogP contribution < -0.4 is 5.32 Å². The number of hydrogen-bond donors (Lipinski definition) is 1. The second-order valence-corrected chi connectivity index (χ2v) is 7.99. The standard InChI is InChI=1S/C17H34N4OS.HI/c1-4-18-17(21-10-13-23-16(14-21)15(2)3)19-6-5-7-20-8-11-22-12-9-20;/h15-16H,4-14H2,1-3H3,(H,18,19);1H. The summed E-state index contributed by atoms with van der Waals surface area (Å²) in [5.41, 5.74) is 0. The van der Waals surface area contributed by atoms with Crippen LogP contribution in [0.1, 0.15) is 27.2 Å². The van der Waals surface area contributed by atoms with E-state index in [1.165, 1.54) is 5.75 Å². The SMILES string of the molecule is CCNC(=NCCCN1CCOCC1)N1CCSC(C(C)C)C1.I. The van der Waals surface area contributed by atoms with Gasteiger partial charge in [-0.1, -0.05) is 13.8 Å². The van der Waals surface area contributed by atoms with Crippen LogP contribution in [-0.2, 0) is 4.74 Å². The number of hydrogen-bond acceptors (Lipinski definition) is 4. The normalized spacial score (nSPS) is 23.2. The lowest BCUT2D eigenvalue weighted by atomic mass is 10.1. The lowest BCUT2D eigenvalue weighted by Gasteiger charge is -2.36. The van der Waals surface area contributed by atoms with Crippen molar-refractivity contribution in [1.29, 1.82) is 0 Å². The molecule has 2 saturated heterocycles. The van der Waals surface area contributed by atoms with Gasteiger partial charge in [0.15, 0.2) is 5.96 Å². The first-order chi connectivity index (χ1) is 11.2. The summed E-state index contributed by atoms with van der Waals surface area (Å²) < 4.78 is 5.40. The van der Waals surface area contributed by atoms with Gasteiger partial charge in [-0.2, -0.15) is 11.8 Å². The largest absolute Gasteiger partial charge is 0.379 e. The fraction of sp³-hybridized carbons (Fsp3) is 0.941. The van der Waals surface area contributed by atoms with Gasteiger partial charge < -0.3 is 15.0 Å². The minimum atomic E-state index is 0. The molecule has 1 N–H and O–H groups in total. The summed E-state index contributed by atoms with van der Waals surface area (Å²) in [5, 5.41) is 4.21. The van der Waals surface area contributed by atoms with E-state index < -0.39 is 0 Å². The average Bonchev–Trinajstić information content (AvgIpc) is 2.58. The average molecular weight is 470 g/mol. The van der Waals surface area contributed by atoms with Gasteiger partial charge in [0.1, 0.15) is 0 Å². The number of nitrogens with zero attached hydrogens (tertiary/aromatic N) is 3. The van der Waals surface area contributed by atoms with Crippen LogP contribution in [0.2, 0.25) is 0 Å². The molecule has 2 aliphatic rings. The number of halogens is 1. The zero-order valence-electron chi connectivity index (χ0n) is 15.5. The van der Waals surface area contributed by atoms with Crippen LogP contribution in [0.15, 0.2) is 4.99 Å². The fourth-order valence-electron chi connectivity index (χ4n) is 3.00. The van der Waals surface area contributed by atoms with Crippen LogP contribution in [0.5, 0.6) is 0 Å². The summed E-state index contributed by atoms with van der Waals surface area (Å²) in [6.07, 6.45) is 1.13. The first kappa shape index (κ1) is 22.3. The summed E-state index contributed by atoms with van der Waals surface area (Å²) in [5.74, 6) is 3.05. The Labute approximate surface area is 169 Å². The van der Waals surface area contributed by atoms with Gasteiger partial charge in [0.05, 0.1) is 13.2 Å². The first-order valence-corrected chi connectivity index (χ1v) is 10.2. The Bertz CT molecular complexity index is 364. The molecule has 0 bridgehead atoms. The molecule has 5 nitrogen and oxygen atoms in total. The molecule has 142 valence electrons. The van der Waals surface area contributed by atoms with E-state index in [2.05, 4.69) is 47.6 Å². The summed E-state index contributed by atoms with van der Waals surface area (Å²) in [6.45, 7) is 15.9. The van der Waals surface area contributed by atoms with E-state index in [1.807, 2.05) is 0 Å². The molecule has 0 amide bonds. The summed E-state index contributed by atoms with van der Waals surface area (Å²) in [7, 11) is 0. The fourth-order valence-corrected chi connectivity index (χ4v) is 4.30. The number of rotatable bonds is 6. The minimum absolute atomic E-state index is 0. The van der Waals surface area contributed by atoms with Crippen molar-refractivity contribution in [2.24, 2.45) is 10.9 Å². The van der Waals surface area contributed by atoms with Crippen LogP contribution in [-0.4, -0.2) is 85.8 Å². The summed E-state index contributed by atoms with van der Waals surface area (Å²) >= 11 is 2.11. The Hall–Kier alpha value is 0.270. The molecule has 0 aromatic rings. The Kier molecular flexibility index (Phi) is 11.7. The van der Waals surface area contributed by atoms with Gasteiger partial charge in [-0.25, -0.2) is 0 Å². The van der Waals surface area contributed by atoms with Crippen molar-refractivity contribution in [3.05, 3.63) is 0 Å². The van der Waals surface area contributed by atoms with Crippen LogP contribution in [0, 0.1) is 5.92 Å². The number of nitrogens with one attached hydrogen (secondary N) is 1. The van der Waals surface area contributed by atoms with Crippen LogP contribution >= 0.6 is 35.7 Å². The van der Waals surface area contributed by atoms with E-state index in [-0.39, 0.29) is 24.0 Å². The lowest BCUT2D eigenvalue weighted by molar-refractivity contribution is 0.0377. The van der Waals surface area contributed by atoms with Crippen molar-refractivity contribution in [2.75, 3.05) is 64.8 Å². The third-order valence-corrected chi connectivity index (χ3v) is 6.01. The monoisotopic (exact) mass is 470 g/mol. The molecule has 2 aliphatic heterocycles. The van der Waals surface area contributed by atoms with Crippen molar-refractivity contribution >= 4 is 41.7 Å². The third-order valence-electron chi connectivity index (χ3n) is 4.47. The van der Waals surface area contributed by atoms with Crippen molar-refractivity contribution in [3.63, 3.8) is 0 Å². The molecule has 0 aromatic heterocycles. The third kappa shape index (κ3) is 7.66. The predicted molar refractivity (Wildman–Crippen MR) is 116 cm³/mol. The molecule has 2 fully saturated rings. The molecular formula is C17H35IN4OS. The van der Waals surface area contributed by atoms with Gasteiger partial charge in [-0.15, -0.1) is 24.0 Å². The number of thioether (sulfide) groups is 1. The molecule has 1 atom stereocenters.